The maximum atomic E-state index is 13.4. The summed E-state index contributed by atoms with van der Waals surface area (Å²) in [6.45, 7) is 2.40. The second kappa shape index (κ2) is 13.0. The minimum Gasteiger partial charge on any atom is -0.461 e. The number of nitrogens with one attached hydrogen (secondary N) is 2. The first-order chi connectivity index (χ1) is 20.7. The fourth-order valence-corrected chi connectivity index (χ4v) is 5.96. The molecule has 3 aromatic carbocycles. The number of fused-ring (bicyclic) bond motifs is 1. The minimum atomic E-state index is -0.960. The van der Waals surface area contributed by atoms with Gasteiger partial charge in [-0.2, -0.15) is 0 Å². The monoisotopic (exact) mass is 602 g/mol. The molecule has 1 saturated carbocycles. The number of ether oxygens (including phenoxy) is 1. The molecule has 43 heavy (non-hydrogen) atoms. The van der Waals surface area contributed by atoms with E-state index in [1.807, 2.05) is 19.2 Å². The van der Waals surface area contributed by atoms with Crippen LogP contribution in [-0.2, 0) is 29.5 Å². The molecule has 9 nitrogen and oxygen atoms in total. The number of carbonyl (C=O) groups excluding carboxylic acids is 2. The van der Waals surface area contributed by atoms with Gasteiger partial charge in [-0.25, -0.2) is 14.2 Å². The third kappa shape index (κ3) is 6.43. The summed E-state index contributed by atoms with van der Waals surface area (Å²) in [5, 5.41) is 6.63. The smallest absolute Gasteiger partial charge is 0.335 e. The van der Waals surface area contributed by atoms with Crippen LogP contribution in [0.15, 0.2) is 70.3 Å². The van der Waals surface area contributed by atoms with Crippen molar-refractivity contribution in [3.63, 3.8) is 0 Å². The molecular formula is C33H35ClN4O5. The third-order valence-electron chi connectivity index (χ3n) is 7.97. The van der Waals surface area contributed by atoms with E-state index in [9.17, 15) is 19.2 Å². The first-order valence-corrected chi connectivity index (χ1v) is 14.8. The molecule has 0 spiro atoms. The van der Waals surface area contributed by atoms with Gasteiger partial charge >= 0.3 is 11.7 Å². The number of nitrogens with zero attached hydrogens (tertiary/aromatic N) is 2. The summed E-state index contributed by atoms with van der Waals surface area (Å²) < 4.78 is 8.36. The van der Waals surface area contributed by atoms with E-state index in [1.54, 1.807) is 62.5 Å². The summed E-state index contributed by atoms with van der Waals surface area (Å²) in [5.41, 5.74) is 2.76. The molecule has 4 aromatic rings. The van der Waals surface area contributed by atoms with Crippen LogP contribution in [0.2, 0.25) is 5.02 Å². The number of aromatic nitrogens is 2. The van der Waals surface area contributed by atoms with E-state index in [1.165, 1.54) is 4.57 Å². The summed E-state index contributed by atoms with van der Waals surface area (Å²) in [5.74, 6) is -0.969. The minimum absolute atomic E-state index is 0.153. The van der Waals surface area contributed by atoms with Gasteiger partial charge < -0.3 is 15.4 Å². The van der Waals surface area contributed by atoms with Gasteiger partial charge in [0.25, 0.3) is 11.5 Å². The predicted molar refractivity (Wildman–Crippen MR) is 167 cm³/mol. The van der Waals surface area contributed by atoms with Crippen LogP contribution in [0.4, 0.5) is 0 Å². The van der Waals surface area contributed by atoms with Gasteiger partial charge in [-0.05, 0) is 86.7 Å². The van der Waals surface area contributed by atoms with Crippen LogP contribution in [0.5, 0.6) is 0 Å². The molecule has 1 amide bonds. The second-order valence-corrected chi connectivity index (χ2v) is 11.4. The Balaban J connectivity index is 1.43. The van der Waals surface area contributed by atoms with Crippen LogP contribution in [-0.4, -0.2) is 40.2 Å². The molecule has 1 unspecified atom stereocenters. The Morgan fingerprint density at radius 1 is 1.02 bits per heavy atom. The number of hydrogen-bond acceptors (Lipinski definition) is 6. The van der Waals surface area contributed by atoms with Crippen molar-refractivity contribution < 1.29 is 14.3 Å². The van der Waals surface area contributed by atoms with Crippen LogP contribution in [0.1, 0.15) is 52.7 Å². The number of rotatable bonds is 9. The van der Waals surface area contributed by atoms with Crippen molar-refractivity contribution >= 4 is 34.4 Å². The number of benzene rings is 3. The quantitative estimate of drug-likeness (QED) is 0.278. The number of amides is 1. The summed E-state index contributed by atoms with van der Waals surface area (Å²) in [7, 11) is 3.47. The van der Waals surface area contributed by atoms with E-state index >= 15 is 0 Å². The summed E-state index contributed by atoms with van der Waals surface area (Å²) >= 11 is 6.32. The number of esters is 1. The molecule has 1 aliphatic carbocycles. The molecule has 1 aromatic heterocycles. The molecule has 2 N–H and O–H groups in total. The van der Waals surface area contributed by atoms with Crippen molar-refractivity contribution in [2.45, 2.75) is 57.7 Å². The van der Waals surface area contributed by atoms with Gasteiger partial charge in [0, 0.05) is 20.0 Å². The molecule has 224 valence electrons. The first-order valence-electron chi connectivity index (χ1n) is 14.4. The van der Waals surface area contributed by atoms with E-state index in [0.717, 1.165) is 41.4 Å². The van der Waals surface area contributed by atoms with Crippen LogP contribution in [0.25, 0.3) is 16.6 Å². The second-order valence-electron chi connectivity index (χ2n) is 11.0. The lowest BCUT2D eigenvalue weighted by atomic mass is 10.0. The summed E-state index contributed by atoms with van der Waals surface area (Å²) in [6.07, 6.45) is 3.59. The third-order valence-corrected chi connectivity index (χ3v) is 8.29. The van der Waals surface area contributed by atoms with Crippen molar-refractivity contribution in [1.82, 2.24) is 19.8 Å². The molecule has 0 aliphatic heterocycles. The Morgan fingerprint density at radius 2 is 1.72 bits per heavy atom. The van der Waals surface area contributed by atoms with E-state index < -0.39 is 29.2 Å². The van der Waals surface area contributed by atoms with Crippen molar-refractivity contribution in [2.75, 3.05) is 7.05 Å². The fourth-order valence-electron chi connectivity index (χ4n) is 5.65. The maximum absolute atomic E-state index is 13.4. The molecule has 1 aliphatic rings. The highest BCUT2D eigenvalue weighted by Crippen LogP contribution is 2.23. The van der Waals surface area contributed by atoms with Gasteiger partial charge in [-0.1, -0.05) is 41.9 Å². The highest BCUT2D eigenvalue weighted by atomic mass is 35.5. The van der Waals surface area contributed by atoms with Gasteiger partial charge in [-0.3, -0.25) is 14.2 Å². The average molecular weight is 603 g/mol. The maximum Gasteiger partial charge on any atom is 0.335 e. The van der Waals surface area contributed by atoms with Crippen LogP contribution in [0.3, 0.4) is 0 Å². The molecule has 10 heteroatoms. The topological polar surface area (TPSA) is 111 Å². The lowest BCUT2D eigenvalue weighted by molar-refractivity contribution is -0.151. The lowest BCUT2D eigenvalue weighted by Gasteiger charge is -2.21. The number of carbonyl (C=O) groups is 2. The zero-order chi connectivity index (χ0) is 30.7. The van der Waals surface area contributed by atoms with Gasteiger partial charge in [-0.15, -0.1) is 0 Å². The van der Waals surface area contributed by atoms with Crippen LogP contribution in [0, 0.1) is 6.92 Å². The zero-order valence-corrected chi connectivity index (χ0v) is 25.2. The molecular weight excluding hydrogens is 568 g/mol. The highest BCUT2D eigenvalue weighted by Gasteiger charge is 2.28. The number of hydrogen-bond donors (Lipinski definition) is 2. The van der Waals surface area contributed by atoms with Crippen molar-refractivity contribution in [3.05, 3.63) is 109 Å². The molecule has 1 heterocycles. The van der Waals surface area contributed by atoms with E-state index in [-0.39, 0.29) is 12.5 Å². The Kier molecular flexibility index (Phi) is 9.13. The normalized spacial score (nSPS) is 14.1. The number of halogens is 1. The van der Waals surface area contributed by atoms with Crippen LogP contribution < -0.4 is 21.9 Å². The van der Waals surface area contributed by atoms with Gasteiger partial charge in [0.15, 0.2) is 0 Å². The molecule has 1 fully saturated rings. The predicted octanol–water partition coefficient (Wildman–Crippen LogP) is 4.20. The SMILES string of the molecule is CNCc1ccc2c(=O)n(-c3ccc(CC(NC(=O)c4c(C)cccc4Cl)C(=O)OC4CCCC4)cc3)c(=O)n(C)c2c1. The Hall–Kier alpha value is -4.21. The van der Waals surface area contributed by atoms with Gasteiger partial charge in [0.05, 0.1) is 27.2 Å². The Morgan fingerprint density at radius 3 is 2.40 bits per heavy atom. The van der Waals surface area contributed by atoms with Gasteiger partial charge in [0.2, 0.25) is 0 Å². The summed E-state index contributed by atoms with van der Waals surface area (Å²) in [4.78, 5) is 53.2. The van der Waals surface area contributed by atoms with E-state index in [2.05, 4.69) is 10.6 Å². The Labute approximate surface area is 254 Å². The molecule has 0 saturated heterocycles. The molecule has 1 atom stereocenters. The standard InChI is InChI=1S/C33H35ClN4O5/c1-20-7-6-10-26(34)29(20)30(39)36-27(32(41)43-24-8-4-5-9-24)17-21-11-14-23(15-12-21)38-31(40)25-16-13-22(19-35-2)18-28(25)37(3)33(38)42/h6-7,10-16,18,24,27,35H,4-5,8-9,17,19H2,1-3H3,(H,36,39). The van der Waals surface area contributed by atoms with Crippen molar-refractivity contribution in [1.29, 1.82) is 0 Å². The number of aryl methyl sites for hydroxylation is 2. The van der Waals surface area contributed by atoms with Crippen molar-refractivity contribution in [2.24, 2.45) is 7.05 Å². The largest absolute Gasteiger partial charge is 0.461 e. The zero-order valence-electron chi connectivity index (χ0n) is 24.5. The highest BCUT2D eigenvalue weighted by molar-refractivity contribution is 6.34. The average Bonchev–Trinajstić information content (AvgIpc) is 3.49. The first kappa shape index (κ1) is 30.3. The molecule has 5 rings (SSSR count). The van der Waals surface area contributed by atoms with Gasteiger partial charge in [0.1, 0.15) is 12.1 Å². The molecule has 0 radical (unpaired) electrons. The molecule has 0 bridgehead atoms. The Bertz CT molecular complexity index is 1770. The van der Waals surface area contributed by atoms with E-state index in [0.29, 0.717) is 39.3 Å². The van der Waals surface area contributed by atoms with Crippen LogP contribution >= 0.6 is 11.6 Å². The summed E-state index contributed by atoms with van der Waals surface area (Å²) in [6, 6.07) is 16.5. The lowest BCUT2D eigenvalue weighted by Crippen LogP contribution is -2.44. The van der Waals surface area contributed by atoms with E-state index in [4.69, 9.17) is 16.3 Å². The van der Waals surface area contributed by atoms with Crippen molar-refractivity contribution in [3.8, 4) is 5.69 Å². The fraction of sp³-hybridized carbons (Fsp3) is 0.333.